The summed E-state index contributed by atoms with van der Waals surface area (Å²) < 4.78 is 1.54. The maximum atomic E-state index is 12.8. The van der Waals surface area contributed by atoms with Crippen LogP contribution in [0.25, 0.3) is 11.1 Å². The molecule has 4 rings (SSSR count). The number of carbonyl (C=O) groups excluding carboxylic acids is 1. The number of nitrogens with one attached hydrogen (secondary N) is 1. The zero-order valence-electron chi connectivity index (χ0n) is 16.6. The number of aromatic nitrogens is 2. The number of carbonyl (C=O) groups is 1. The molecule has 4 aromatic rings. The number of rotatable bonds is 5. The van der Waals surface area contributed by atoms with Crippen LogP contribution in [0.2, 0.25) is 0 Å². The fourth-order valence-electron chi connectivity index (χ4n) is 3.29. The van der Waals surface area contributed by atoms with Gasteiger partial charge in [-0.05, 0) is 42.3 Å². The first-order valence-corrected chi connectivity index (χ1v) is 9.68. The lowest BCUT2D eigenvalue weighted by atomic mass is 10.1. The highest BCUT2D eigenvalue weighted by atomic mass is 16.2. The minimum Gasteiger partial charge on any atom is -0.310 e. The predicted molar refractivity (Wildman–Crippen MR) is 119 cm³/mol. The number of aryl methyl sites for hydroxylation is 1. The third-order valence-corrected chi connectivity index (χ3v) is 4.81. The Kier molecular flexibility index (Phi) is 5.52. The fourth-order valence-corrected chi connectivity index (χ4v) is 3.29. The smallest absolute Gasteiger partial charge is 0.263 e. The quantitative estimate of drug-likeness (QED) is 0.540. The van der Waals surface area contributed by atoms with Gasteiger partial charge >= 0.3 is 0 Å². The molecule has 2 heterocycles. The van der Waals surface area contributed by atoms with E-state index in [2.05, 4.69) is 10.3 Å². The number of pyridine rings is 2. The molecular formula is C25H21N3O2. The summed E-state index contributed by atoms with van der Waals surface area (Å²) in [6.07, 6.45) is 3.39. The van der Waals surface area contributed by atoms with E-state index in [0.717, 1.165) is 22.3 Å². The highest BCUT2D eigenvalue weighted by molar-refractivity contribution is 6.03. The van der Waals surface area contributed by atoms with Gasteiger partial charge in [0, 0.05) is 18.0 Å². The van der Waals surface area contributed by atoms with Gasteiger partial charge < -0.3 is 9.88 Å². The first-order valence-electron chi connectivity index (χ1n) is 9.68. The summed E-state index contributed by atoms with van der Waals surface area (Å²) in [7, 11) is 0. The molecule has 0 saturated heterocycles. The second kappa shape index (κ2) is 8.57. The van der Waals surface area contributed by atoms with Gasteiger partial charge in [-0.15, -0.1) is 0 Å². The van der Waals surface area contributed by atoms with Gasteiger partial charge in [0.1, 0.15) is 11.4 Å². The van der Waals surface area contributed by atoms with Gasteiger partial charge in [-0.3, -0.25) is 9.59 Å². The first kappa shape index (κ1) is 19.3. The second-order valence-electron chi connectivity index (χ2n) is 7.10. The lowest BCUT2D eigenvalue weighted by Gasteiger charge is -2.09. The summed E-state index contributed by atoms with van der Waals surface area (Å²) in [5.74, 6) is -0.0771. The van der Waals surface area contributed by atoms with Crippen LogP contribution in [0.5, 0.6) is 0 Å². The summed E-state index contributed by atoms with van der Waals surface area (Å²) in [5.41, 5.74) is 3.88. The van der Waals surface area contributed by atoms with Gasteiger partial charge in [-0.25, -0.2) is 4.98 Å². The molecule has 1 N–H and O–H groups in total. The van der Waals surface area contributed by atoms with E-state index in [-0.39, 0.29) is 11.1 Å². The molecule has 2 aromatic carbocycles. The molecule has 30 heavy (non-hydrogen) atoms. The topological polar surface area (TPSA) is 64.0 Å². The average molecular weight is 395 g/mol. The number of benzene rings is 2. The van der Waals surface area contributed by atoms with Crippen LogP contribution in [-0.2, 0) is 6.54 Å². The Balaban J connectivity index is 1.52. The summed E-state index contributed by atoms with van der Waals surface area (Å²) in [6.45, 7) is 2.41. The molecule has 0 fully saturated rings. The number of hydrogen-bond donors (Lipinski definition) is 1. The minimum absolute atomic E-state index is 0.0825. The Hall–Kier alpha value is -3.99. The Morgan fingerprint density at radius 2 is 1.77 bits per heavy atom. The van der Waals surface area contributed by atoms with Crippen molar-refractivity contribution in [3.8, 4) is 11.1 Å². The summed E-state index contributed by atoms with van der Waals surface area (Å²) in [5, 5.41) is 2.71. The lowest BCUT2D eigenvalue weighted by molar-refractivity contribution is 0.102. The molecule has 0 bridgehead atoms. The van der Waals surface area contributed by atoms with Crippen LogP contribution < -0.4 is 10.9 Å². The van der Waals surface area contributed by atoms with Crippen LogP contribution >= 0.6 is 0 Å². The van der Waals surface area contributed by atoms with Gasteiger partial charge in [0.2, 0.25) is 0 Å². The molecule has 148 valence electrons. The van der Waals surface area contributed by atoms with Crippen LogP contribution in [0.4, 0.5) is 5.82 Å². The van der Waals surface area contributed by atoms with Gasteiger partial charge in [0.15, 0.2) is 0 Å². The number of hydrogen-bond acceptors (Lipinski definition) is 3. The molecule has 0 unspecified atom stereocenters. The van der Waals surface area contributed by atoms with Crippen LogP contribution in [0.3, 0.4) is 0 Å². The van der Waals surface area contributed by atoms with E-state index < -0.39 is 5.91 Å². The van der Waals surface area contributed by atoms with Gasteiger partial charge in [0.05, 0.1) is 6.54 Å². The molecule has 1 amide bonds. The fraction of sp³-hybridized carbons (Fsp3) is 0.0800. The van der Waals surface area contributed by atoms with Crippen molar-refractivity contribution in [2.75, 3.05) is 5.32 Å². The monoisotopic (exact) mass is 395 g/mol. The van der Waals surface area contributed by atoms with Crippen molar-refractivity contribution < 1.29 is 4.79 Å². The minimum atomic E-state index is -0.474. The largest absolute Gasteiger partial charge is 0.310 e. The van der Waals surface area contributed by atoms with Crippen LogP contribution in [0.15, 0.2) is 96.1 Å². The van der Waals surface area contributed by atoms with Crippen molar-refractivity contribution in [1.29, 1.82) is 0 Å². The molecule has 0 aliphatic heterocycles. The van der Waals surface area contributed by atoms with E-state index >= 15 is 0 Å². The van der Waals surface area contributed by atoms with Crippen molar-refractivity contribution in [2.45, 2.75) is 13.5 Å². The van der Waals surface area contributed by atoms with E-state index in [1.54, 1.807) is 24.5 Å². The highest BCUT2D eigenvalue weighted by Crippen LogP contribution is 2.19. The summed E-state index contributed by atoms with van der Waals surface area (Å²) in [6, 6.07) is 24.7. The van der Waals surface area contributed by atoms with Crippen molar-refractivity contribution in [3.63, 3.8) is 0 Å². The van der Waals surface area contributed by atoms with Crippen LogP contribution in [0.1, 0.15) is 21.5 Å². The summed E-state index contributed by atoms with van der Waals surface area (Å²) in [4.78, 5) is 29.8. The summed E-state index contributed by atoms with van der Waals surface area (Å²) >= 11 is 0. The van der Waals surface area contributed by atoms with E-state index in [1.807, 2.05) is 67.6 Å². The molecule has 0 spiro atoms. The van der Waals surface area contributed by atoms with Crippen molar-refractivity contribution in [1.82, 2.24) is 9.55 Å². The third kappa shape index (κ3) is 4.36. The van der Waals surface area contributed by atoms with E-state index in [1.165, 1.54) is 10.6 Å². The maximum Gasteiger partial charge on any atom is 0.263 e. The molecule has 0 aliphatic rings. The lowest BCUT2D eigenvalue weighted by Crippen LogP contribution is -2.29. The molecule has 0 aliphatic carbocycles. The third-order valence-electron chi connectivity index (χ3n) is 4.81. The predicted octanol–water partition coefficient (Wildman–Crippen LogP) is 4.52. The first-order chi connectivity index (χ1) is 14.6. The molecular weight excluding hydrogens is 374 g/mol. The van der Waals surface area contributed by atoms with Gasteiger partial charge in [-0.2, -0.15) is 0 Å². The standard InChI is InChI=1S/C25H21N3O2/c1-18-7-5-8-19(15-18)17-28-14-6-11-22(25(28)30)24(29)27-23-13-12-21(16-26-23)20-9-3-2-4-10-20/h2-16H,17H2,1H3,(H,26,27,29). The average Bonchev–Trinajstić information content (AvgIpc) is 2.76. The van der Waals surface area contributed by atoms with Crippen LogP contribution in [0, 0.1) is 6.92 Å². The van der Waals surface area contributed by atoms with Crippen molar-refractivity contribution in [2.24, 2.45) is 0 Å². The Morgan fingerprint density at radius 1 is 0.933 bits per heavy atom. The van der Waals surface area contributed by atoms with Gasteiger partial charge in [0.25, 0.3) is 11.5 Å². The Morgan fingerprint density at radius 3 is 2.50 bits per heavy atom. The molecule has 5 nitrogen and oxygen atoms in total. The Bertz CT molecular complexity index is 1230. The zero-order chi connectivity index (χ0) is 20.9. The number of nitrogens with zero attached hydrogens (tertiary/aromatic N) is 2. The highest BCUT2D eigenvalue weighted by Gasteiger charge is 2.13. The Labute approximate surface area is 174 Å². The van der Waals surface area contributed by atoms with E-state index in [0.29, 0.717) is 12.4 Å². The SMILES string of the molecule is Cc1cccc(Cn2cccc(C(=O)Nc3ccc(-c4ccccc4)cn3)c2=O)c1. The van der Waals surface area contributed by atoms with E-state index in [4.69, 9.17) is 0 Å². The maximum absolute atomic E-state index is 12.8. The van der Waals surface area contributed by atoms with Crippen molar-refractivity contribution >= 4 is 11.7 Å². The van der Waals surface area contributed by atoms with E-state index in [9.17, 15) is 9.59 Å². The molecule has 0 saturated carbocycles. The molecule has 0 radical (unpaired) electrons. The molecule has 5 heteroatoms. The number of amides is 1. The van der Waals surface area contributed by atoms with Crippen molar-refractivity contribution in [3.05, 3.63) is 118 Å². The normalized spacial score (nSPS) is 10.6. The van der Waals surface area contributed by atoms with Crippen LogP contribution in [-0.4, -0.2) is 15.5 Å². The second-order valence-corrected chi connectivity index (χ2v) is 7.10. The molecule has 2 aromatic heterocycles. The number of anilines is 1. The molecule has 0 atom stereocenters. The zero-order valence-corrected chi connectivity index (χ0v) is 16.6. The van der Waals surface area contributed by atoms with Gasteiger partial charge in [-0.1, -0.05) is 60.2 Å².